The summed E-state index contributed by atoms with van der Waals surface area (Å²) in [7, 11) is 0. The van der Waals surface area contributed by atoms with Crippen molar-refractivity contribution in [3.63, 3.8) is 0 Å². The third kappa shape index (κ3) is 3.90. The van der Waals surface area contributed by atoms with Gasteiger partial charge >= 0.3 is 6.03 Å². The molecule has 4 heteroatoms. The lowest BCUT2D eigenvalue weighted by Gasteiger charge is -2.27. The molecule has 3 rings (SSSR count). The summed E-state index contributed by atoms with van der Waals surface area (Å²) in [6.45, 7) is 0.701. The Morgan fingerprint density at radius 1 is 1.13 bits per heavy atom. The van der Waals surface area contributed by atoms with Gasteiger partial charge < -0.3 is 15.7 Å². The molecule has 2 aromatic rings. The van der Waals surface area contributed by atoms with Gasteiger partial charge in [0.05, 0.1) is 6.54 Å². The molecule has 0 aromatic heterocycles. The van der Waals surface area contributed by atoms with E-state index in [1.54, 1.807) is 6.08 Å². The van der Waals surface area contributed by atoms with E-state index in [0.717, 1.165) is 29.2 Å². The van der Waals surface area contributed by atoms with Crippen molar-refractivity contribution in [2.45, 2.75) is 31.4 Å². The molecule has 1 atom stereocenters. The Morgan fingerprint density at radius 2 is 1.96 bits per heavy atom. The molecule has 4 nitrogen and oxygen atoms in total. The van der Waals surface area contributed by atoms with Gasteiger partial charge in [-0.2, -0.15) is 0 Å². The van der Waals surface area contributed by atoms with Gasteiger partial charge in [0.1, 0.15) is 5.60 Å². The van der Waals surface area contributed by atoms with E-state index in [9.17, 15) is 9.90 Å². The Morgan fingerprint density at radius 3 is 2.78 bits per heavy atom. The third-order valence-corrected chi connectivity index (χ3v) is 4.28. The minimum absolute atomic E-state index is 0.241. The molecule has 0 saturated heterocycles. The van der Waals surface area contributed by atoms with E-state index in [-0.39, 0.29) is 12.6 Å². The molecule has 0 bridgehead atoms. The number of hydrogen-bond acceptors (Lipinski definition) is 2. The summed E-state index contributed by atoms with van der Waals surface area (Å²) in [5.41, 5.74) is 0.171. The molecule has 0 aliphatic heterocycles. The molecule has 3 N–H and O–H groups in total. The molecule has 0 heterocycles. The van der Waals surface area contributed by atoms with Gasteiger partial charge in [0.2, 0.25) is 0 Å². The highest BCUT2D eigenvalue weighted by atomic mass is 16.3. The second-order valence-electron chi connectivity index (χ2n) is 6.07. The first-order chi connectivity index (χ1) is 11.2. The van der Waals surface area contributed by atoms with Gasteiger partial charge in [0.25, 0.3) is 0 Å². The smallest absolute Gasteiger partial charge is 0.315 e. The highest BCUT2D eigenvalue weighted by Crippen LogP contribution is 2.21. The van der Waals surface area contributed by atoms with Gasteiger partial charge in [-0.05, 0) is 35.6 Å². The number of amides is 2. The van der Waals surface area contributed by atoms with Crippen molar-refractivity contribution >= 4 is 16.8 Å². The molecule has 0 unspecified atom stereocenters. The van der Waals surface area contributed by atoms with E-state index in [4.69, 9.17) is 0 Å². The summed E-state index contributed by atoms with van der Waals surface area (Å²) < 4.78 is 0. The van der Waals surface area contributed by atoms with Crippen LogP contribution in [0, 0.1) is 0 Å². The van der Waals surface area contributed by atoms with Crippen LogP contribution in [0.25, 0.3) is 10.8 Å². The summed E-state index contributed by atoms with van der Waals surface area (Å²) >= 11 is 0. The fourth-order valence-electron chi connectivity index (χ4n) is 2.98. The normalized spacial score (nSPS) is 20.4. The lowest BCUT2D eigenvalue weighted by molar-refractivity contribution is 0.0762. The molecule has 1 aliphatic rings. The predicted octanol–water partition coefficient (Wildman–Crippen LogP) is 3.11. The number of hydrogen-bond donors (Lipinski definition) is 3. The zero-order valence-electron chi connectivity index (χ0n) is 13.1. The second-order valence-corrected chi connectivity index (χ2v) is 6.07. The summed E-state index contributed by atoms with van der Waals surface area (Å²) in [6.07, 6.45) is 6.40. The van der Waals surface area contributed by atoms with Crippen LogP contribution in [-0.4, -0.2) is 23.3 Å². The minimum Gasteiger partial charge on any atom is -0.384 e. The molecule has 2 aromatic carbocycles. The van der Waals surface area contributed by atoms with Crippen LogP contribution in [0.4, 0.5) is 4.79 Å². The number of benzene rings is 2. The van der Waals surface area contributed by atoms with E-state index in [0.29, 0.717) is 13.0 Å². The van der Waals surface area contributed by atoms with Gasteiger partial charge in [-0.1, -0.05) is 54.6 Å². The van der Waals surface area contributed by atoms with Crippen LogP contribution in [0.5, 0.6) is 0 Å². The highest BCUT2D eigenvalue weighted by molar-refractivity contribution is 5.86. The maximum atomic E-state index is 12.0. The zero-order valence-corrected chi connectivity index (χ0v) is 13.1. The summed E-state index contributed by atoms with van der Waals surface area (Å²) in [6, 6.07) is 13.9. The van der Waals surface area contributed by atoms with Gasteiger partial charge in [0, 0.05) is 6.54 Å². The molecule has 120 valence electrons. The largest absolute Gasteiger partial charge is 0.384 e. The molecular formula is C19H22N2O2. The van der Waals surface area contributed by atoms with Crippen molar-refractivity contribution in [1.29, 1.82) is 0 Å². The first-order valence-corrected chi connectivity index (χ1v) is 8.05. The van der Waals surface area contributed by atoms with Crippen molar-refractivity contribution in [2.24, 2.45) is 0 Å². The van der Waals surface area contributed by atoms with Crippen LogP contribution in [0.15, 0.2) is 54.6 Å². The van der Waals surface area contributed by atoms with E-state index in [1.165, 1.54) is 0 Å². The third-order valence-electron chi connectivity index (χ3n) is 4.28. The SMILES string of the molecule is O=C(NCc1cccc2ccccc12)NC[C@@]1(O)C=CCCC1. The summed E-state index contributed by atoms with van der Waals surface area (Å²) in [5, 5.41) is 18.2. The summed E-state index contributed by atoms with van der Waals surface area (Å²) in [4.78, 5) is 12.0. The van der Waals surface area contributed by atoms with E-state index >= 15 is 0 Å². The van der Waals surface area contributed by atoms with Gasteiger partial charge in [0.15, 0.2) is 0 Å². The van der Waals surface area contributed by atoms with Gasteiger partial charge in [-0.15, -0.1) is 0 Å². The topological polar surface area (TPSA) is 61.4 Å². The molecule has 0 fully saturated rings. The van der Waals surface area contributed by atoms with Gasteiger partial charge in [-0.3, -0.25) is 0 Å². The molecule has 2 amide bonds. The van der Waals surface area contributed by atoms with Crippen molar-refractivity contribution in [3.05, 3.63) is 60.2 Å². The Balaban J connectivity index is 1.56. The maximum Gasteiger partial charge on any atom is 0.315 e. The van der Waals surface area contributed by atoms with E-state index < -0.39 is 5.60 Å². The van der Waals surface area contributed by atoms with Crippen molar-refractivity contribution < 1.29 is 9.90 Å². The fraction of sp³-hybridized carbons (Fsp3) is 0.316. The number of rotatable bonds is 4. The molecule has 1 aliphatic carbocycles. The second kappa shape index (κ2) is 6.84. The lowest BCUT2D eigenvalue weighted by Crippen LogP contribution is -2.45. The minimum atomic E-state index is -0.908. The average molecular weight is 310 g/mol. The Hall–Kier alpha value is -2.33. The number of allylic oxidation sites excluding steroid dienone is 1. The number of nitrogens with one attached hydrogen (secondary N) is 2. The molecule has 0 saturated carbocycles. The number of aliphatic hydroxyl groups is 1. The highest BCUT2D eigenvalue weighted by Gasteiger charge is 2.25. The number of urea groups is 1. The van der Waals surface area contributed by atoms with Crippen LogP contribution in [0.2, 0.25) is 0 Å². The van der Waals surface area contributed by atoms with Gasteiger partial charge in [-0.25, -0.2) is 4.79 Å². The monoisotopic (exact) mass is 310 g/mol. The first-order valence-electron chi connectivity index (χ1n) is 8.05. The predicted molar refractivity (Wildman–Crippen MR) is 92.1 cm³/mol. The Kier molecular flexibility index (Phi) is 4.63. The molecule has 23 heavy (non-hydrogen) atoms. The molecule has 0 radical (unpaired) electrons. The Labute approximate surface area is 136 Å². The maximum absolute atomic E-state index is 12.0. The van der Waals surface area contributed by atoms with E-state index in [2.05, 4.69) is 28.8 Å². The number of fused-ring (bicyclic) bond motifs is 1. The van der Waals surface area contributed by atoms with Crippen LogP contribution in [0.3, 0.4) is 0 Å². The quantitative estimate of drug-likeness (QED) is 0.760. The number of carbonyl (C=O) groups excluding carboxylic acids is 1. The van der Waals surface area contributed by atoms with Crippen LogP contribution in [-0.2, 0) is 6.54 Å². The lowest BCUT2D eigenvalue weighted by atomic mass is 9.91. The first kappa shape index (κ1) is 15.6. The van der Waals surface area contributed by atoms with Crippen molar-refractivity contribution in [2.75, 3.05) is 6.54 Å². The van der Waals surface area contributed by atoms with Crippen LogP contribution in [0.1, 0.15) is 24.8 Å². The molecule has 0 spiro atoms. The zero-order chi connectivity index (χ0) is 16.1. The Bertz CT molecular complexity index is 721. The average Bonchev–Trinajstić information content (AvgIpc) is 2.59. The number of carbonyl (C=O) groups is 1. The fourth-order valence-corrected chi connectivity index (χ4v) is 2.98. The van der Waals surface area contributed by atoms with Crippen molar-refractivity contribution in [1.82, 2.24) is 10.6 Å². The van der Waals surface area contributed by atoms with E-state index in [1.807, 2.05) is 30.3 Å². The van der Waals surface area contributed by atoms with Crippen molar-refractivity contribution in [3.8, 4) is 0 Å². The van der Waals surface area contributed by atoms with Crippen LogP contribution < -0.4 is 10.6 Å². The van der Waals surface area contributed by atoms with Crippen LogP contribution >= 0.6 is 0 Å². The standard InChI is InChI=1S/C19H22N2O2/c22-18(21-14-19(23)11-4-1-5-12-19)20-13-16-9-6-8-15-7-2-3-10-17(15)16/h2-4,6-11,23H,1,5,12-14H2,(H2,20,21,22)/t19-/m1/s1. The molecular weight excluding hydrogens is 288 g/mol. The summed E-state index contributed by atoms with van der Waals surface area (Å²) in [5.74, 6) is 0.